The summed E-state index contributed by atoms with van der Waals surface area (Å²) >= 11 is 0. The van der Waals surface area contributed by atoms with Gasteiger partial charge in [0.05, 0.1) is 0 Å². The molecule has 1 aliphatic carbocycles. The second-order valence-electron chi connectivity index (χ2n) is 5.17. The molecule has 2 rings (SSSR count). The second kappa shape index (κ2) is 6.95. The Bertz CT molecular complexity index is 302. The van der Waals surface area contributed by atoms with Gasteiger partial charge in [-0.15, -0.1) is 12.4 Å². The van der Waals surface area contributed by atoms with Crippen molar-refractivity contribution in [3.63, 3.8) is 0 Å². The van der Waals surface area contributed by atoms with Crippen molar-refractivity contribution in [1.82, 2.24) is 10.6 Å². The highest BCUT2D eigenvalue weighted by atomic mass is 35.5. The summed E-state index contributed by atoms with van der Waals surface area (Å²) < 4.78 is 0. The molecule has 0 radical (unpaired) electrons. The van der Waals surface area contributed by atoms with E-state index in [0.717, 1.165) is 25.7 Å². The Kier molecular flexibility index (Phi) is 5.88. The number of hydrogen-bond donors (Lipinski definition) is 3. The molecular weight excluding hydrogens is 254 g/mol. The smallest absolute Gasteiger partial charge is 0.220 e. The number of carbonyl (C=O) groups excluding carboxylic acids is 2. The quantitative estimate of drug-likeness (QED) is 0.694. The molecule has 2 amide bonds. The van der Waals surface area contributed by atoms with Crippen LogP contribution in [0.2, 0.25) is 0 Å². The van der Waals surface area contributed by atoms with Crippen molar-refractivity contribution in [3.05, 3.63) is 0 Å². The number of rotatable bonds is 3. The standard InChI is InChI=1S/C12H21N3O2.ClH/c13-10-3-1-2-8(10)6-12(17)15-9-4-5-11(16)14-7-9;/h8-10H,1-7,13H2,(H,14,16)(H,15,17);1H/t8-,9?,10+;/m0./s1. The first-order valence-electron chi connectivity index (χ1n) is 6.47. The topological polar surface area (TPSA) is 84.2 Å². The lowest BCUT2D eigenvalue weighted by Gasteiger charge is -2.24. The van der Waals surface area contributed by atoms with E-state index >= 15 is 0 Å². The first-order valence-corrected chi connectivity index (χ1v) is 6.47. The van der Waals surface area contributed by atoms with Crippen molar-refractivity contribution in [2.75, 3.05) is 6.54 Å². The molecule has 0 aromatic rings. The lowest BCUT2D eigenvalue weighted by molar-refractivity contribution is -0.126. The van der Waals surface area contributed by atoms with Crippen molar-refractivity contribution in [3.8, 4) is 0 Å². The Morgan fingerprint density at radius 1 is 1.39 bits per heavy atom. The second-order valence-corrected chi connectivity index (χ2v) is 5.17. The zero-order valence-corrected chi connectivity index (χ0v) is 11.3. The summed E-state index contributed by atoms with van der Waals surface area (Å²) in [5, 5.41) is 5.74. The molecule has 2 fully saturated rings. The van der Waals surface area contributed by atoms with Gasteiger partial charge in [-0.3, -0.25) is 9.59 Å². The minimum Gasteiger partial charge on any atom is -0.354 e. The van der Waals surface area contributed by atoms with Gasteiger partial charge >= 0.3 is 0 Å². The summed E-state index contributed by atoms with van der Waals surface area (Å²) in [6, 6.07) is 0.282. The third kappa shape index (κ3) is 4.14. The number of piperidine rings is 1. The van der Waals surface area contributed by atoms with Gasteiger partial charge in [-0.25, -0.2) is 0 Å². The van der Waals surface area contributed by atoms with Crippen molar-refractivity contribution in [2.24, 2.45) is 11.7 Å². The molecule has 6 heteroatoms. The molecule has 1 saturated heterocycles. The molecule has 104 valence electrons. The maximum Gasteiger partial charge on any atom is 0.220 e. The van der Waals surface area contributed by atoms with Crippen LogP contribution in [-0.4, -0.2) is 30.4 Å². The lowest BCUT2D eigenvalue weighted by Crippen LogP contribution is -2.48. The summed E-state index contributed by atoms with van der Waals surface area (Å²) in [5.74, 6) is 0.495. The zero-order chi connectivity index (χ0) is 12.3. The monoisotopic (exact) mass is 275 g/mol. The highest BCUT2D eigenvalue weighted by Crippen LogP contribution is 2.26. The van der Waals surface area contributed by atoms with Crippen LogP contribution in [0.15, 0.2) is 0 Å². The maximum atomic E-state index is 11.8. The van der Waals surface area contributed by atoms with Crippen LogP contribution in [0.5, 0.6) is 0 Å². The number of halogens is 1. The molecule has 0 bridgehead atoms. The number of hydrogen-bond acceptors (Lipinski definition) is 3. The van der Waals surface area contributed by atoms with Crippen LogP contribution in [0.3, 0.4) is 0 Å². The molecule has 2 aliphatic rings. The van der Waals surface area contributed by atoms with Crippen LogP contribution < -0.4 is 16.4 Å². The molecule has 5 nitrogen and oxygen atoms in total. The number of nitrogens with two attached hydrogens (primary N) is 1. The zero-order valence-electron chi connectivity index (χ0n) is 10.5. The van der Waals surface area contributed by atoms with Crippen LogP contribution in [0.1, 0.15) is 38.5 Å². The summed E-state index contributed by atoms with van der Waals surface area (Å²) in [4.78, 5) is 22.8. The van der Waals surface area contributed by atoms with E-state index in [1.54, 1.807) is 0 Å². The molecule has 4 N–H and O–H groups in total. The number of amides is 2. The molecule has 1 saturated carbocycles. The highest BCUT2D eigenvalue weighted by molar-refractivity contribution is 5.85. The number of carbonyl (C=O) groups is 2. The Morgan fingerprint density at radius 2 is 2.17 bits per heavy atom. The van der Waals surface area contributed by atoms with Crippen LogP contribution in [0, 0.1) is 5.92 Å². The van der Waals surface area contributed by atoms with Crippen molar-refractivity contribution >= 4 is 24.2 Å². The van der Waals surface area contributed by atoms with Gasteiger partial charge in [-0.05, 0) is 25.2 Å². The first-order chi connectivity index (χ1) is 8.15. The normalized spacial score (nSPS) is 31.4. The fraction of sp³-hybridized carbons (Fsp3) is 0.833. The molecular formula is C12H22ClN3O2. The fourth-order valence-corrected chi connectivity index (χ4v) is 2.70. The molecule has 18 heavy (non-hydrogen) atoms. The molecule has 1 aliphatic heterocycles. The first kappa shape index (κ1) is 15.2. The Morgan fingerprint density at radius 3 is 2.72 bits per heavy atom. The van der Waals surface area contributed by atoms with Gasteiger partial charge < -0.3 is 16.4 Å². The SMILES string of the molecule is Cl.N[C@@H]1CCC[C@H]1CC(=O)NC1CCC(=O)NC1. The summed E-state index contributed by atoms with van der Waals surface area (Å²) in [5.41, 5.74) is 5.94. The largest absolute Gasteiger partial charge is 0.354 e. The van der Waals surface area contributed by atoms with Crippen LogP contribution in [-0.2, 0) is 9.59 Å². The van der Waals surface area contributed by atoms with Crippen LogP contribution in [0.4, 0.5) is 0 Å². The van der Waals surface area contributed by atoms with Crippen LogP contribution >= 0.6 is 12.4 Å². The predicted octanol–water partition coefficient (Wildman–Crippen LogP) is 0.320. The maximum absolute atomic E-state index is 11.8. The minimum absolute atomic E-state index is 0. The van der Waals surface area contributed by atoms with E-state index in [1.807, 2.05) is 0 Å². The van der Waals surface area contributed by atoms with E-state index < -0.39 is 0 Å². The lowest BCUT2D eigenvalue weighted by atomic mass is 9.99. The van der Waals surface area contributed by atoms with Crippen LogP contribution in [0.25, 0.3) is 0 Å². The van der Waals surface area contributed by atoms with Gasteiger partial charge in [0.25, 0.3) is 0 Å². The van der Waals surface area contributed by atoms with E-state index in [0.29, 0.717) is 25.3 Å². The van der Waals surface area contributed by atoms with Gasteiger partial charge in [-0.1, -0.05) is 6.42 Å². The van der Waals surface area contributed by atoms with Gasteiger partial charge in [0.1, 0.15) is 0 Å². The van der Waals surface area contributed by atoms with Crippen molar-refractivity contribution < 1.29 is 9.59 Å². The van der Waals surface area contributed by atoms with Crippen molar-refractivity contribution in [1.29, 1.82) is 0 Å². The average molecular weight is 276 g/mol. The van der Waals surface area contributed by atoms with E-state index in [9.17, 15) is 9.59 Å². The van der Waals surface area contributed by atoms with Gasteiger partial charge in [0.2, 0.25) is 11.8 Å². The summed E-state index contributed by atoms with van der Waals surface area (Å²) in [6.45, 7) is 0.557. The minimum atomic E-state index is 0. The van der Waals surface area contributed by atoms with Gasteiger partial charge in [0, 0.05) is 31.5 Å². The molecule has 1 heterocycles. The predicted molar refractivity (Wildman–Crippen MR) is 71.4 cm³/mol. The van der Waals surface area contributed by atoms with E-state index in [2.05, 4.69) is 10.6 Å². The molecule has 0 aromatic carbocycles. The molecule has 1 unspecified atom stereocenters. The number of nitrogens with one attached hydrogen (secondary N) is 2. The van der Waals surface area contributed by atoms with Crippen molar-refractivity contribution in [2.45, 2.75) is 50.6 Å². The highest BCUT2D eigenvalue weighted by Gasteiger charge is 2.27. The Balaban J connectivity index is 0.00000162. The summed E-state index contributed by atoms with van der Waals surface area (Å²) in [7, 11) is 0. The molecule has 3 atom stereocenters. The summed E-state index contributed by atoms with van der Waals surface area (Å²) in [6.07, 6.45) is 5.03. The van der Waals surface area contributed by atoms with E-state index in [1.165, 1.54) is 0 Å². The fourth-order valence-electron chi connectivity index (χ4n) is 2.70. The average Bonchev–Trinajstić information content (AvgIpc) is 2.68. The Hall–Kier alpha value is -0.810. The Labute approximate surface area is 114 Å². The van der Waals surface area contributed by atoms with E-state index in [-0.39, 0.29) is 36.3 Å². The molecule has 0 aromatic heterocycles. The van der Waals surface area contributed by atoms with Gasteiger partial charge in [0.15, 0.2) is 0 Å². The third-order valence-corrected chi connectivity index (χ3v) is 3.80. The third-order valence-electron chi connectivity index (χ3n) is 3.80. The van der Waals surface area contributed by atoms with Gasteiger partial charge in [-0.2, -0.15) is 0 Å². The van der Waals surface area contributed by atoms with E-state index in [4.69, 9.17) is 5.73 Å². The molecule has 0 spiro atoms.